The lowest BCUT2D eigenvalue weighted by Gasteiger charge is -2.07. The van der Waals surface area contributed by atoms with Crippen LogP contribution in [0.4, 0.5) is 4.79 Å². The maximum atomic E-state index is 11.1. The standard InChI is InChI=1S/C20H18O3S/c1-22-20(21)23-18-11-9-15(10-12-18)13-24-14-17-7-4-6-16-5-2-3-8-19(16)17/h2-12H,13-14H2,1H3. The molecule has 3 aromatic carbocycles. The Balaban J connectivity index is 1.59. The average Bonchev–Trinajstić information content (AvgIpc) is 2.63. The van der Waals surface area contributed by atoms with Gasteiger partial charge in [-0.2, -0.15) is 11.8 Å². The van der Waals surface area contributed by atoms with E-state index >= 15 is 0 Å². The van der Waals surface area contributed by atoms with Gasteiger partial charge in [-0.3, -0.25) is 0 Å². The summed E-state index contributed by atoms with van der Waals surface area (Å²) in [5.41, 5.74) is 2.54. The van der Waals surface area contributed by atoms with Crippen LogP contribution in [0.5, 0.6) is 5.75 Å². The Hall–Kier alpha value is -2.46. The third-order valence-corrected chi connectivity index (χ3v) is 4.75. The molecule has 0 amide bonds. The molecule has 3 rings (SSSR count). The van der Waals surface area contributed by atoms with Crippen LogP contribution in [0.2, 0.25) is 0 Å². The van der Waals surface area contributed by atoms with Gasteiger partial charge in [0.1, 0.15) is 5.75 Å². The van der Waals surface area contributed by atoms with E-state index in [0.29, 0.717) is 5.75 Å². The molecule has 0 aliphatic rings. The van der Waals surface area contributed by atoms with E-state index in [-0.39, 0.29) is 0 Å². The summed E-state index contributed by atoms with van der Waals surface area (Å²) in [6.45, 7) is 0. The van der Waals surface area contributed by atoms with Gasteiger partial charge in [0.25, 0.3) is 0 Å². The number of thioether (sulfide) groups is 1. The number of carbonyl (C=O) groups is 1. The van der Waals surface area contributed by atoms with Gasteiger partial charge in [-0.15, -0.1) is 0 Å². The van der Waals surface area contributed by atoms with Crippen LogP contribution in [-0.2, 0) is 16.2 Å². The normalized spacial score (nSPS) is 10.5. The molecule has 0 radical (unpaired) electrons. The van der Waals surface area contributed by atoms with E-state index in [1.807, 2.05) is 23.9 Å². The van der Waals surface area contributed by atoms with Gasteiger partial charge < -0.3 is 9.47 Å². The van der Waals surface area contributed by atoms with Crippen molar-refractivity contribution in [1.82, 2.24) is 0 Å². The molecule has 0 bridgehead atoms. The molecule has 0 saturated carbocycles. The number of benzene rings is 3. The molecule has 0 aliphatic carbocycles. The molecule has 0 atom stereocenters. The van der Waals surface area contributed by atoms with E-state index in [9.17, 15) is 4.79 Å². The minimum absolute atomic E-state index is 0.490. The van der Waals surface area contributed by atoms with Crippen LogP contribution >= 0.6 is 11.8 Å². The molecule has 4 heteroatoms. The molecular weight excluding hydrogens is 320 g/mol. The van der Waals surface area contributed by atoms with Crippen LogP contribution in [0.3, 0.4) is 0 Å². The van der Waals surface area contributed by atoms with Crippen molar-refractivity contribution in [3.8, 4) is 5.75 Å². The third-order valence-electron chi connectivity index (χ3n) is 3.70. The van der Waals surface area contributed by atoms with E-state index < -0.39 is 6.16 Å². The van der Waals surface area contributed by atoms with Crippen LogP contribution in [0.15, 0.2) is 66.7 Å². The van der Waals surface area contributed by atoms with E-state index in [1.54, 1.807) is 12.1 Å². The lowest BCUT2D eigenvalue weighted by atomic mass is 10.1. The lowest BCUT2D eigenvalue weighted by Crippen LogP contribution is -2.06. The Labute approximate surface area is 145 Å². The molecule has 0 N–H and O–H groups in total. The molecule has 3 aromatic rings. The summed E-state index contributed by atoms with van der Waals surface area (Å²) in [4.78, 5) is 11.1. The zero-order chi connectivity index (χ0) is 16.8. The maximum absolute atomic E-state index is 11.1. The highest BCUT2D eigenvalue weighted by Crippen LogP contribution is 2.25. The zero-order valence-electron chi connectivity index (χ0n) is 13.4. The highest BCUT2D eigenvalue weighted by Gasteiger charge is 2.04. The van der Waals surface area contributed by atoms with Crippen molar-refractivity contribution in [2.24, 2.45) is 0 Å². The number of carbonyl (C=O) groups excluding carboxylic acids is 1. The second-order valence-corrected chi connectivity index (χ2v) is 6.32. The van der Waals surface area contributed by atoms with Gasteiger partial charge in [0.2, 0.25) is 0 Å². The summed E-state index contributed by atoms with van der Waals surface area (Å²) in [7, 11) is 1.29. The molecule has 0 heterocycles. The minimum Gasteiger partial charge on any atom is -0.437 e. The number of rotatable bonds is 5. The second-order valence-electron chi connectivity index (χ2n) is 5.33. The summed E-state index contributed by atoms with van der Waals surface area (Å²) in [5, 5.41) is 2.59. The molecule has 122 valence electrons. The number of hydrogen-bond donors (Lipinski definition) is 0. The molecular formula is C20H18O3S. The Morgan fingerprint density at radius 1 is 0.917 bits per heavy atom. The van der Waals surface area contributed by atoms with Crippen LogP contribution in [0.1, 0.15) is 11.1 Å². The van der Waals surface area contributed by atoms with Crippen molar-refractivity contribution in [2.45, 2.75) is 11.5 Å². The highest BCUT2D eigenvalue weighted by atomic mass is 32.2. The first kappa shape index (κ1) is 16.4. The fourth-order valence-electron chi connectivity index (χ4n) is 2.49. The smallest absolute Gasteiger partial charge is 0.437 e. The Bertz CT molecular complexity index is 822. The van der Waals surface area contributed by atoms with Gasteiger partial charge in [0.05, 0.1) is 7.11 Å². The maximum Gasteiger partial charge on any atom is 0.513 e. The monoisotopic (exact) mass is 338 g/mol. The number of fused-ring (bicyclic) bond motifs is 1. The van der Waals surface area contributed by atoms with E-state index in [1.165, 1.54) is 29.0 Å². The summed E-state index contributed by atoms with van der Waals surface area (Å²) < 4.78 is 9.44. The number of hydrogen-bond acceptors (Lipinski definition) is 4. The van der Waals surface area contributed by atoms with Gasteiger partial charge in [-0.1, -0.05) is 54.6 Å². The van der Waals surface area contributed by atoms with Crippen molar-refractivity contribution in [3.05, 3.63) is 77.9 Å². The second kappa shape index (κ2) is 7.88. The van der Waals surface area contributed by atoms with Crippen LogP contribution in [-0.4, -0.2) is 13.3 Å². The Kier molecular flexibility index (Phi) is 5.39. The van der Waals surface area contributed by atoms with Gasteiger partial charge in [-0.25, -0.2) is 4.79 Å². The first-order chi connectivity index (χ1) is 11.8. The van der Waals surface area contributed by atoms with E-state index in [0.717, 1.165) is 11.5 Å². The largest absolute Gasteiger partial charge is 0.513 e. The minimum atomic E-state index is -0.701. The molecule has 0 fully saturated rings. The molecule has 0 aromatic heterocycles. The van der Waals surface area contributed by atoms with Crippen molar-refractivity contribution >= 4 is 28.7 Å². The van der Waals surface area contributed by atoms with Crippen LogP contribution < -0.4 is 4.74 Å². The Morgan fingerprint density at radius 3 is 2.46 bits per heavy atom. The fraction of sp³-hybridized carbons (Fsp3) is 0.150. The van der Waals surface area contributed by atoms with E-state index in [4.69, 9.17) is 4.74 Å². The van der Waals surface area contributed by atoms with Gasteiger partial charge in [0.15, 0.2) is 0 Å². The SMILES string of the molecule is COC(=O)Oc1ccc(CSCc2cccc3ccccc23)cc1. The Morgan fingerprint density at radius 2 is 1.67 bits per heavy atom. The van der Waals surface area contributed by atoms with Crippen LogP contribution in [0.25, 0.3) is 10.8 Å². The van der Waals surface area contributed by atoms with Crippen molar-refractivity contribution < 1.29 is 14.3 Å². The van der Waals surface area contributed by atoms with Crippen molar-refractivity contribution in [2.75, 3.05) is 7.11 Å². The van der Waals surface area contributed by atoms with Crippen LogP contribution in [0, 0.1) is 0 Å². The average molecular weight is 338 g/mol. The topological polar surface area (TPSA) is 35.5 Å². The third kappa shape index (κ3) is 4.09. The molecule has 0 saturated heterocycles. The van der Waals surface area contributed by atoms with Crippen molar-refractivity contribution in [1.29, 1.82) is 0 Å². The summed E-state index contributed by atoms with van der Waals surface area (Å²) >= 11 is 1.87. The predicted molar refractivity (Wildman–Crippen MR) is 98.4 cm³/mol. The first-order valence-corrected chi connectivity index (χ1v) is 8.81. The van der Waals surface area contributed by atoms with Crippen molar-refractivity contribution in [3.63, 3.8) is 0 Å². The zero-order valence-corrected chi connectivity index (χ0v) is 14.2. The first-order valence-electron chi connectivity index (χ1n) is 7.65. The number of ether oxygens (including phenoxy) is 2. The fourth-order valence-corrected chi connectivity index (χ4v) is 3.49. The van der Waals surface area contributed by atoms with Gasteiger partial charge >= 0.3 is 6.16 Å². The molecule has 24 heavy (non-hydrogen) atoms. The summed E-state index contributed by atoms with van der Waals surface area (Å²) in [6, 6.07) is 22.4. The predicted octanol–water partition coefficient (Wildman–Crippen LogP) is 5.42. The number of methoxy groups -OCH3 is 1. The van der Waals surface area contributed by atoms with E-state index in [2.05, 4.69) is 47.2 Å². The molecule has 0 aliphatic heterocycles. The quantitative estimate of drug-likeness (QED) is 0.460. The molecule has 0 unspecified atom stereocenters. The lowest BCUT2D eigenvalue weighted by molar-refractivity contribution is 0.121. The van der Waals surface area contributed by atoms with Gasteiger partial charge in [-0.05, 0) is 34.0 Å². The molecule has 3 nitrogen and oxygen atoms in total. The highest BCUT2D eigenvalue weighted by molar-refractivity contribution is 7.97. The molecule has 0 spiro atoms. The van der Waals surface area contributed by atoms with Gasteiger partial charge in [0, 0.05) is 11.5 Å². The summed E-state index contributed by atoms with van der Waals surface area (Å²) in [5.74, 6) is 2.35. The summed E-state index contributed by atoms with van der Waals surface area (Å²) in [6.07, 6.45) is -0.701.